The van der Waals surface area contributed by atoms with Gasteiger partial charge in [-0.3, -0.25) is 4.79 Å². The van der Waals surface area contributed by atoms with Gasteiger partial charge >= 0.3 is 0 Å². The first-order chi connectivity index (χ1) is 10.2. The summed E-state index contributed by atoms with van der Waals surface area (Å²) in [5.74, 6) is 0.185. The molecular weight excluding hydrogens is 260 g/mol. The summed E-state index contributed by atoms with van der Waals surface area (Å²) in [6.45, 7) is 8.20. The van der Waals surface area contributed by atoms with Gasteiger partial charge in [0.25, 0.3) is 5.91 Å². The van der Waals surface area contributed by atoms with Crippen LogP contribution in [0, 0.1) is 0 Å². The highest BCUT2D eigenvalue weighted by Crippen LogP contribution is 2.16. The average Bonchev–Trinajstić information content (AvgIpc) is 2.52. The maximum Gasteiger partial charge on any atom is 0.254 e. The van der Waals surface area contributed by atoms with Crippen molar-refractivity contribution < 1.29 is 4.79 Å². The highest BCUT2D eigenvalue weighted by Gasteiger charge is 2.21. The molecule has 1 N–H and O–H groups in total. The average molecular weight is 290 g/mol. The van der Waals surface area contributed by atoms with E-state index in [1.807, 2.05) is 30.1 Å². The molecule has 0 fully saturated rings. The van der Waals surface area contributed by atoms with Crippen molar-refractivity contribution in [3.8, 4) is 0 Å². The zero-order valence-electron chi connectivity index (χ0n) is 14.0. The molecule has 0 saturated heterocycles. The van der Waals surface area contributed by atoms with E-state index in [0.29, 0.717) is 6.04 Å². The van der Waals surface area contributed by atoms with Crippen LogP contribution < -0.4 is 5.32 Å². The summed E-state index contributed by atoms with van der Waals surface area (Å²) in [4.78, 5) is 15.0. The molecule has 0 bridgehead atoms. The minimum Gasteiger partial charge on any atom is -0.336 e. The van der Waals surface area contributed by atoms with E-state index in [2.05, 4.69) is 32.2 Å². The number of carbonyl (C=O) groups excluding carboxylic acids is 1. The first kappa shape index (κ1) is 17.7. The number of nitrogens with zero attached hydrogens (tertiary/aromatic N) is 1. The maximum absolute atomic E-state index is 12.9. The molecule has 3 nitrogen and oxygen atoms in total. The fraction of sp³-hybridized carbons (Fsp3) is 0.611. The number of rotatable bonds is 9. The van der Waals surface area contributed by atoms with Gasteiger partial charge in [0.1, 0.15) is 0 Å². The van der Waals surface area contributed by atoms with E-state index in [9.17, 15) is 4.79 Å². The van der Waals surface area contributed by atoms with Crippen molar-refractivity contribution in [1.29, 1.82) is 0 Å². The van der Waals surface area contributed by atoms with Gasteiger partial charge in [-0.05, 0) is 51.4 Å². The normalized spacial score (nSPS) is 12.2. The zero-order valence-corrected chi connectivity index (χ0v) is 14.0. The van der Waals surface area contributed by atoms with Crippen LogP contribution in [0.3, 0.4) is 0 Å². The van der Waals surface area contributed by atoms with E-state index in [4.69, 9.17) is 0 Å². The Morgan fingerprint density at radius 2 is 2.00 bits per heavy atom. The lowest BCUT2D eigenvalue weighted by atomic mass is 10.0. The molecule has 1 amide bonds. The molecule has 0 aliphatic heterocycles. The molecule has 0 radical (unpaired) electrons. The Morgan fingerprint density at radius 1 is 1.29 bits per heavy atom. The summed E-state index contributed by atoms with van der Waals surface area (Å²) in [5.41, 5.74) is 2.01. The number of benzene rings is 1. The molecule has 0 aliphatic carbocycles. The van der Waals surface area contributed by atoms with Crippen molar-refractivity contribution in [3.63, 3.8) is 0 Å². The Kier molecular flexibility index (Phi) is 8.06. The van der Waals surface area contributed by atoms with Crippen molar-refractivity contribution in [2.24, 2.45) is 0 Å². The summed E-state index contributed by atoms with van der Waals surface area (Å²) < 4.78 is 0. The Bertz CT molecular complexity index is 431. The smallest absolute Gasteiger partial charge is 0.254 e. The number of hydrogen-bond donors (Lipinski definition) is 1. The Hall–Kier alpha value is -1.35. The van der Waals surface area contributed by atoms with Crippen molar-refractivity contribution >= 4 is 5.91 Å². The van der Waals surface area contributed by atoms with Gasteiger partial charge < -0.3 is 10.2 Å². The van der Waals surface area contributed by atoms with Gasteiger partial charge in [-0.15, -0.1) is 0 Å². The van der Waals surface area contributed by atoms with E-state index in [-0.39, 0.29) is 5.91 Å². The SMILES string of the molecule is CCCCN(C(=O)c1ccccc1CCNC)C(C)CC. The lowest BCUT2D eigenvalue weighted by Gasteiger charge is -2.29. The molecule has 0 saturated carbocycles. The minimum absolute atomic E-state index is 0.185. The molecule has 1 aromatic rings. The van der Waals surface area contributed by atoms with Crippen LogP contribution in [0.4, 0.5) is 0 Å². The summed E-state index contributed by atoms with van der Waals surface area (Å²) in [7, 11) is 1.94. The van der Waals surface area contributed by atoms with E-state index >= 15 is 0 Å². The Morgan fingerprint density at radius 3 is 2.62 bits per heavy atom. The molecule has 118 valence electrons. The number of likely N-dealkylation sites (N-methyl/N-ethyl adjacent to an activating group) is 1. The Labute approximate surface area is 129 Å². The van der Waals surface area contributed by atoms with Crippen molar-refractivity contribution in [1.82, 2.24) is 10.2 Å². The molecular formula is C18H30N2O. The molecule has 3 heteroatoms. The number of nitrogens with one attached hydrogen (secondary N) is 1. The van der Waals surface area contributed by atoms with Gasteiger partial charge in [-0.25, -0.2) is 0 Å². The van der Waals surface area contributed by atoms with Crippen molar-refractivity contribution in [2.45, 2.75) is 52.5 Å². The molecule has 1 aromatic carbocycles. The highest BCUT2D eigenvalue weighted by molar-refractivity contribution is 5.95. The van der Waals surface area contributed by atoms with Crippen LogP contribution in [0.2, 0.25) is 0 Å². The van der Waals surface area contributed by atoms with E-state index in [1.54, 1.807) is 0 Å². The summed E-state index contributed by atoms with van der Waals surface area (Å²) in [6, 6.07) is 8.31. The first-order valence-electron chi connectivity index (χ1n) is 8.19. The summed E-state index contributed by atoms with van der Waals surface area (Å²) >= 11 is 0. The van der Waals surface area contributed by atoms with Crippen LogP contribution in [0.15, 0.2) is 24.3 Å². The van der Waals surface area contributed by atoms with Gasteiger partial charge in [-0.2, -0.15) is 0 Å². The van der Waals surface area contributed by atoms with Gasteiger partial charge in [0, 0.05) is 18.2 Å². The topological polar surface area (TPSA) is 32.3 Å². The van der Waals surface area contributed by atoms with Crippen LogP contribution >= 0.6 is 0 Å². The van der Waals surface area contributed by atoms with E-state index in [0.717, 1.165) is 49.9 Å². The predicted octanol–water partition coefficient (Wildman–Crippen LogP) is 3.49. The van der Waals surface area contributed by atoms with Crippen LogP contribution in [0.1, 0.15) is 56.0 Å². The van der Waals surface area contributed by atoms with Crippen LogP contribution in [-0.2, 0) is 6.42 Å². The zero-order chi connectivity index (χ0) is 15.7. The van der Waals surface area contributed by atoms with Gasteiger partial charge in [0.2, 0.25) is 0 Å². The second-order valence-corrected chi connectivity index (χ2v) is 5.62. The lowest BCUT2D eigenvalue weighted by molar-refractivity contribution is 0.0684. The monoisotopic (exact) mass is 290 g/mol. The molecule has 0 spiro atoms. The standard InChI is InChI=1S/C18H30N2O/c1-5-7-14-20(15(3)6-2)18(21)17-11-9-8-10-16(17)12-13-19-4/h8-11,15,19H,5-7,12-14H2,1-4H3. The van der Waals surface area contributed by atoms with Crippen molar-refractivity contribution in [2.75, 3.05) is 20.1 Å². The van der Waals surface area contributed by atoms with Crippen LogP contribution in [0.5, 0.6) is 0 Å². The second-order valence-electron chi connectivity index (χ2n) is 5.62. The van der Waals surface area contributed by atoms with Crippen molar-refractivity contribution in [3.05, 3.63) is 35.4 Å². The fourth-order valence-corrected chi connectivity index (χ4v) is 2.43. The maximum atomic E-state index is 12.9. The number of unbranched alkanes of at least 4 members (excludes halogenated alkanes) is 1. The summed E-state index contributed by atoms with van der Waals surface area (Å²) in [5, 5.41) is 3.15. The van der Waals surface area contributed by atoms with Gasteiger partial charge in [-0.1, -0.05) is 38.5 Å². The van der Waals surface area contributed by atoms with Gasteiger partial charge in [0.05, 0.1) is 0 Å². The third-order valence-corrected chi connectivity index (χ3v) is 4.03. The molecule has 1 rings (SSSR count). The highest BCUT2D eigenvalue weighted by atomic mass is 16.2. The van der Waals surface area contributed by atoms with Crippen LogP contribution in [-0.4, -0.2) is 37.0 Å². The van der Waals surface area contributed by atoms with E-state index < -0.39 is 0 Å². The number of carbonyl (C=O) groups is 1. The summed E-state index contributed by atoms with van der Waals surface area (Å²) in [6.07, 6.45) is 4.06. The number of hydrogen-bond acceptors (Lipinski definition) is 2. The Balaban J connectivity index is 2.96. The predicted molar refractivity (Wildman–Crippen MR) is 89.8 cm³/mol. The van der Waals surface area contributed by atoms with Gasteiger partial charge in [0.15, 0.2) is 0 Å². The molecule has 1 atom stereocenters. The number of amides is 1. The molecule has 1 unspecified atom stereocenters. The molecule has 0 heterocycles. The van der Waals surface area contributed by atoms with Crippen LogP contribution in [0.25, 0.3) is 0 Å². The molecule has 0 aliphatic rings. The largest absolute Gasteiger partial charge is 0.336 e. The quantitative estimate of drug-likeness (QED) is 0.755. The molecule has 21 heavy (non-hydrogen) atoms. The third-order valence-electron chi connectivity index (χ3n) is 4.03. The molecule has 0 aromatic heterocycles. The first-order valence-corrected chi connectivity index (χ1v) is 8.19. The minimum atomic E-state index is 0.185. The third kappa shape index (κ3) is 5.16. The lowest BCUT2D eigenvalue weighted by Crippen LogP contribution is -2.39. The van der Waals surface area contributed by atoms with E-state index in [1.165, 1.54) is 0 Å². The fourth-order valence-electron chi connectivity index (χ4n) is 2.43. The second kappa shape index (κ2) is 9.56.